The molecule has 3 N–H and O–H groups in total. The largest absolute Gasteiger partial charge is 0.508 e. The summed E-state index contributed by atoms with van der Waals surface area (Å²) in [5.41, 5.74) is 4.96. The van der Waals surface area contributed by atoms with Crippen molar-refractivity contribution in [3.05, 3.63) is 29.6 Å². The van der Waals surface area contributed by atoms with E-state index in [1.165, 1.54) is 0 Å². The minimum atomic E-state index is -2.72. The number of phenols is 1. The van der Waals surface area contributed by atoms with E-state index >= 15 is 0 Å². The van der Waals surface area contributed by atoms with Crippen LogP contribution in [0, 0.1) is 5.82 Å². The fourth-order valence-corrected chi connectivity index (χ4v) is 1.19. The van der Waals surface area contributed by atoms with Crippen LogP contribution in [0.25, 0.3) is 0 Å². The molecule has 0 heterocycles. The number of nitrogens with two attached hydrogens (primary N) is 1. The molecular formula is C9H10F3NO. The fraction of sp³-hybridized carbons (Fsp3) is 0.333. The van der Waals surface area contributed by atoms with E-state index in [4.69, 9.17) is 5.73 Å². The van der Waals surface area contributed by atoms with Gasteiger partial charge in [-0.05, 0) is 18.2 Å². The van der Waals surface area contributed by atoms with E-state index in [9.17, 15) is 18.3 Å². The van der Waals surface area contributed by atoms with Gasteiger partial charge in [0.05, 0.1) is 5.92 Å². The second-order valence-corrected chi connectivity index (χ2v) is 2.88. The molecule has 0 amide bonds. The Morgan fingerprint density at radius 3 is 2.50 bits per heavy atom. The molecule has 5 heteroatoms. The van der Waals surface area contributed by atoms with Crippen molar-refractivity contribution in [1.82, 2.24) is 0 Å². The molecule has 78 valence electrons. The molecule has 0 spiro atoms. The van der Waals surface area contributed by atoms with Gasteiger partial charge in [-0.2, -0.15) is 0 Å². The maximum Gasteiger partial charge on any atom is 0.246 e. The molecule has 1 unspecified atom stereocenters. The van der Waals surface area contributed by atoms with Gasteiger partial charge in [0.15, 0.2) is 0 Å². The number of phenolic OH excluding ortho intramolecular Hbond substituents is 1. The first kappa shape index (κ1) is 10.8. The van der Waals surface area contributed by atoms with E-state index in [2.05, 4.69) is 0 Å². The number of hydrogen-bond acceptors (Lipinski definition) is 2. The Bertz CT molecular complexity index is 317. The Morgan fingerprint density at radius 2 is 2.00 bits per heavy atom. The predicted molar refractivity (Wildman–Crippen MR) is 45.9 cm³/mol. The minimum Gasteiger partial charge on any atom is -0.508 e. The van der Waals surface area contributed by atoms with Gasteiger partial charge in [0.2, 0.25) is 6.43 Å². The van der Waals surface area contributed by atoms with Crippen LogP contribution in [-0.2, 0) is 0 Å². The molecule has 14 heavy (non-hydrogen) atoms. The molecule has 1 aromatic rings. The standard InChI is InChI=1S/C9H10F3NO/c10-5-1-2-8(14)6(3-5)7(4-13)9(11)12/h1-3,7,9,14H,4,13H2. The molecule has 1 rings (SSSR count). The SMILES string of the molecule is NCC(c1cc(F)ccc1O)C(F)F. The zero-order chi connectivity index (χ0) is 10.7. The summed E-state index contributed by atoms with van der Waals surface area (Å²) < 4.78 is 37.5. The molecule has 0 aliphatic rings. The minimum absolute atomic E-state index is 0.150. The summed E-state index contributed by atoms with van der Waals surface area (Å²) in [6, 6.07) is 2.91. The third-order valence-electron chi connectivity index (χ3n) is 1.95. The highest BCUT2D eigenvalue weighted by molar-refractivity contribution is 5.36. The number of aromatic hydroxyl groups is 1. The van der Waals surface area contributed by atoms with Crippen molar-refractivity contribution < 1.29 is 18.3 Å². The van der Waals surface area contributed by atoms with Gasteiger partial charge in [0.1, 0.15) is 11.6 Å². The maximum absolute atomic E-state index is 12.7. The van der Waals surface area contributed by atoms with Gasteiger partial charge in [-0.3, -0.25) is 0 Å². The second kappa shape index (κ2) is 4.32. The number of halogens is 3. The van der Waals surface area contributed by atoms with Gasteiger partial charge in [-0.25, -0.2) is 13.2 Å². The Balaban J connectivity index is 3.08. The molecule has 0 fully saturated rings. The smallest absolute Gasteiger partial charge is 0.246 e. The van der Waals surface area contributed by atoms with Gasteiger partial charge in [0, 0.05) is 12.1 Å². The van der Waals surface area contributed by atoms with Crippen LogP contribution in [0.1, 0.15) is 11.5 Å². The number of alkyl halides is 2. The first-order valence-corrected chi connectivity index (χ1v) is 4.03. The molecule has 0 aliphatic carbocycles. The third-order valence-corrected chi connectivity index (χ3v) is 1.95. The van der Waals surface area contributed by atoms with Crippen LogP contribution in [0.2, 0.25) is 0 Å². The van der Waals surface area contributed by atoms with Crippen molar-refractivity contribution in [2.24, 2.45) is 5.73 Å². The zero-order valence-electron chi connectivity index (χ0n) is 7.25. The Morgan fingerprint density at radius 1 is 1.36 bits per heavy atom. The number of hydrogen-bond donors (Lipinski definition) is 2. The fourth-order valence-electron chi connectivity index (χ4n) is 1.19. The molecule has 0 saturated heterocycles. The first-order valence-electron chi connectivity index (χ1n) is 4.03. The summed E-state index contributed by atoms with van der Waals surface area (Å²) in [7, 11) is 0. The van der Waals surface area contributed by atoms with Crippen molar-refractivity contribution in [2.45, 2.75) is 12.3 Å². The lowest BCUT2D eigenvalue weighted by molar-refractivity contribution is 0.115. The topological polar surface area (TPSA) is 46.2 Å². The van der Waals surface area contributed by atoms with Crippen molar-refractivity contribution in [2.75, 3.05) is 6.54 Å². The average molecular weight is 205 g/mol. The van der Waals surface area contributed by atoms with Crippen LogP contribution >= 0.6 is 0 Å². The van der Waals surface area contributed by atoms with E-state index in [1.807, 2.05) is 0 Å². The van der Waals surface area contributed by atoms with Crippen molar-refractivity contribution in [3.63, 3.8) is 0 Å². The van der Waals surface area contributed by atoms with E-state index in [1.54, 1.807) is 0 Å². The van der Waals surface area contributed by atoms with Gasteiger partial charge in [-0.15, -0.1) is 0 Å². The second-order valence-electron chi connectivity index (χ2n) is 2.88. The number of rotatable bonds is 3. The molecule has 0 saturated carbocycles. The molecule has 2 nitrogen and oxygen atoms in total. The van der Waals surface area contributed by atoms with Crippen LogP contribution in [0.15, 0.2) is 18.2 Å². The van der Waals surface area contributed by atoms with Crippen molar-refractivity contribution in [1.29, 1.82) is 0 Å². The van der Waals surface area contributed by atoms with Gasteiger partial charge in [-0.1, -0.05) is 0 Å². The van der Waals surface area contributed by atoms with Crippen LogP contribution < -0.4 is 5.73 Å². The van der Waals surface area contributed by atoms with Crippen LogP contribution in [-0.4, -0.2) is 18.1 Å². The third kappa shape index (κ3) is 2.17. The van der Waals surface area contributed by atoms with E-state index in [0.29, 0.717) is 0 Å². The lowest BCUT2D eigenvalue weighted by atomic mass is 9.98. The monoisotopic (exact) mass is 205 g/mol. The summed E-state index contributed by atoms with van der Waals surface area (Å²) >= 11 is 0. The molecule has 0 bridgehead atoms. The van der Waals surface area contributed by atoms with Gasteiger partial charge >= 0.3 is 0 Å². The summed E-state index contributed by atoms with van der Waals surface area (Å²) in [6.07, 6.45) is -2.72. The number of benzene rings is 1. The van der Waals surface area contributed by atoms with E-state index in [-0.39, 0.29) is 17.9 Å². The van der Waals surface area contributed by atoms with Crippen molar-refractivity contribution >= 4 is 0 Å². The first-order chi connectivity index (χ1) is 6.56. The molecule has 0 radical (unpaired) electrons. The lowest BCUT2D eigenvalue weighted by Crippen LogP contribution is -2.19. The molecule has 1 aromatic carbocycles. The van der Waals surface area contributed by atoms with Gasteiger partial charge in [0.25, 0.3) is 0 Å². The highest BCUT2D eigenvalue weighted by Crippen LogP contribution is 2.30. The Labute approximate surface area is 79.2 Å². The molecular weight excluding hydrogens is 195 g/mol. The van der Waals surface area contributed by atoms with Crippen molar-refractivity contribution in [3.8, 4) is 5.75 Å². The predicted octanol–water partition coefficient (Wildman–Crippen LogP) is 1.84. The lowest BCUT2D eigenvalue weighted by Gasteiger charge is -2.15. The molecule has 0 aromatic heterocycles. The molecule has 0 aliphatic heterocycles. The maximum atomic E-state index is 12.7. The van der Waals surface area contributed by atoms with Crippen LogP contribution in [0.5, 0.6) is 5.75 Å². The Hall–Kier alpha value is -1.23. The normalized spacial score (nSPS) is 13.2. The Kier molecular flexibility index (Phi) is 3.35. The summed E-state index contributed by atoms with van der Waals surface area (Å²) in [4.78, 5) is 0. The summed E-state index contributed by atoms with van der Waals surface area (Å²) in [6.45, 7) is -0.339. The molecule has 1 atom stereocenters. The highest BCUT2D eigenvalue weighted by Gasteiger charge is 2.23. The summed E-state index contributed by atoms with van der Waals surface area (Å²) in [5, 5.41) is 9.23. The van der Waals surface area contributed by atoms with E-state index < -0.39 is 18.2 Å². The average Bonchev–Trinajstić information content (AvgIpc) is 2.11. The zero-order valence-corrected chi connectivity index (χ0v) is 7.25. The quantitative estimate of drug-likeness (QED) is 0.790. The van der Waals surface area contributed by atoms with Crippen LogP contribution in [0.3, 0.4) is 0 Å². The van der Waals surface area contributed by atoms with Crippen LogP contribution in [0.4, 0.5) is 13.2 Å². The summed E-state index contributed by atoms with van der Waals surface area (Å²) in [5.74, 6) is -2.36. The van der Waals surface area contributed by atoms with Gasteiger partial charge < -0.3 is 10.8 Å². The highest BCUT2D eigenvalue weighted by atomic mass is 19.3. The van der Waals surface area contributed by atoms with E-state index in [0.717, 1.165) is 18.2 Å².